The second-order valence-electron chi connectivity index (χ2n) is 6.88. The molecule has 30 heavy (non-hydrogen) atoms. The maximum atomic E-state index is 12.1. The number of nitrogens with one attached hydrogen (secondary N) is 2. The molecule has 0 saturated heterocycles. The van der Waals surface area contributed by atoms with Gasteiger partial charge in [-0.3, -0.25) is 9.59 Å². The van der Waals surface area contributed by atoms with Crippen LogP contribution in [0.3, 0.4) is 0 Å². The van der Waals surface area contributed by atoms with Gasteiger partial charge in [-0.05, 0) is 42.3 Å². The molecule has 0 aliphatic rings. The van der Waals surface area contributed by atoms with E-state index in [2.05, 4.69) is 10.6 Å². The van der Waals surface area contributed by atoms with Crippen molar-refractivity contribution in [1.29, 1.82) is 0 Å². The number of hydrogen-bond donors (Lipinski definition) is 2. The van der Waals surface area contributed by atoms with Crippen LogP contribution in [0.5, 0.6) is 5.75 Å². The summed E-state index contributed by atoms with van der Waals surface area (Å²) in [5, 5.41) is 7.32. The average Bonchev–Trinajstić information content (AvgIpc) is 3.14. The normalized spacial score (nSPS) is 10.8. The first-order chi connectivity index (χ1) is 14.6. The molecule has 6 heteroatoms. The molecule has 152 valence electrons. The summed E-state index contributed by atoms with van der Waals surface area (Å²) in [6.45, 7) is 1.72. The molecule has 0 aliphatic heterocycles. The number of amides is 2. The monoisotopic (exact) mass is 402 g/mol. The summed E-state index contributed by atoms with van der Waals surface area (Å²) in [5.74, 6) is -0.0906. The number of carbonyl (C=O) groups is 2. The third-order valence-corrected chi connectivity index (χ3v) is 4.84. The molecular formula is C24H22N2O4. The minimum absolute atomic E-state index is 0.119. The number of hydrogen-bond acceptors (Lipinski definition) is 4. The van der Waals surface area contributed by atoms with Gasteiger partial charge in [0, 0.05) is 16.5 Å². The molecule has 4 rings (SSSR count). The third-order valence-electron chi connectivity index (χ3n) is 4.84. The van der Waals surface area contributed by atoms with Crippen molar-refractivity contribution in [2.24, 2.45) is 0 Å². The Morgan fingerprint density at radius 1 is 0.900 bits per heavy atom. The Labute approximate surface area is 173 Å². The van der Waals surface area contributed by atoms with Gasteiger partial charge in [0.1, 0.15) is 16.9 Å². The van der Waals surface area contributed by atoms with Gasteiger partial charge in [0.2, 0.25) is 5.91 Å². The van der Waals surface area contributed by atoms with Crippen LogP contribution in [0.1, 0.15) is 12.5 Å². The van der Waals surface area contributed by atoms with Crippen LogP contribution >= 0.6 is 0 Å². The minimum atomic E-state index is -0.369. The maximum Gasteiger partial charge on any atom is 0.258 e. The van der Waals surface area contributed by atoms with Crippen molar-refractivity contribution in [2.75, 3.05) is 18.5 Å². The van der Waals surface area contributed by atoms with Crippen molar-refractivity contribution in [2.45, 2.75) is 13.3 Å². The number of carbonyl (C=O) groups excluding carboxylic acids is 2. The highest BCUT2D eigenvalue weighted by atomic mass is 16.5. The topological polar surface area (TPSA) is 80.6 Å². The minimum Gasteiger partial charge on any atom is -0.484 e. The van der Waals surface area contributed by atoms with E-state index < -0.39 is 0 Å². The van der Waals surface area contributed by atoms with Gasteiger partial charge in [-0.15, -0.1) is 0 Å². The first-order valence-corrected chi connectivity index (χ1v) is 9.82. The fraction of sp³-hybridized carbons (Fsp3) is 0.167. The number of ether oxygens (including phenoxy) is 1. The Morgan fingerprint density at radius 3 is 2.53 bits per heavy atom. The Hall–Kier alpha value is -3.80. The number of aryl methyl sites for hydroxylation is 1. The number of furan rings is 1. The van der Waals surface area contributed by atoms with Gasteiger partial charge in [-0.1, -0.05) is 43.3 Å². The fourth-order valence-corrected chi connectivity index (χ4v) is 3.32. The van der Waals surface area contributed by atoms with E-state index in [0.29, 0.717) is 5.75 Å². The first-order valence-electron chi connectivity index (χ1n) is 9.82. The molecule has 1 aromatic heterocycles. The van der Waals surface area contributed by atoms with Crippen LogP contribution in [-0.4, -0.2) is 25.0 Å². The molecule has 0 spiro atoms. The molecule has 0 fully saturated rings. The van der Waals surface area contributed by atoms with Crippen LogP contribution in [0.2, 0.25) is 0 Å². The molecule has 0 bridgehead atoms. The van der Waals surface area contributed by atoms with Crippen LogP contribution in [0.15, 0.2) is 71.1 Å². The van der Waals surface area contributed by atoms with E-state index in [1.165, 1.54) is 0 Å². The van der Waals surface area contributed by atoms with E-state index in [4.69, 9.17) is 9.15 Å². The lowest BCUT2D eigenvalue weighted by Gasteiger charge is -2.11. The highest BCUT2D eigenvalue weighted by Crippen LogP contribution is 2.31. The lowest BCUT2D eigenvalue weighted by atomic mass is 10.1. The van der Waals surface area contributed by atoms with Gasteiger partial charge in [0.25, 0.3) is 5.91 Å². The molecule has 0 aliphatic carbocycles. The lowest BCUT2D eigenvalue weighted by molar-refractivity contribution is -0.125. The van der Waals surface area contributed by atoms with E-state index >= 15 is 0 Å². The Morgan fingerprint density at radius 2 is 1.67 bits per heavy atom. The van der Waals surface area contributed by atoms with Crippen LogP contribution in [0, 0.1) is 0 Å². The molecule has 3 aromatic carbocycles. The van der Waals surface area contributed by atoms with Crippen molar-refractivity contribution >= 4 is 39.4 Å². The average molecular weight is 402 g/mol. The SMILES string of the molecule is CCc1ccccc1NC(=O)CNC(=O)COc1ccc2oc3ccccc3c2c1. The van der Waals surface area contributed by atoms with Gasteiger partial charge < -0.3 is 19.8 Å². The molecule has 4 aromatic rings. The smallest absolute Gasteiger partial charge is 0.258 e. The van der Waals surface area contributed by atoms with Gasteiger partial charge in [-0.2, -0.15) is 0 Å². The van der Waals surface area contributed by atoms with Gasteiger partial charge in [0.15, 0.2) is 6.61 Å². The van der Waals surface area contributed by atoms with Gasteiger partial charge in [0.05, 0.1) is 6.54 Å². The van der Waals surface area contributed by atoms with Crippen molar-refractivity contribution in [1.82, 2.24) is 5.32 Å². The molecular weight excluding hydrogens is 380 g/mol. The zero-order chi connectivity index (χ0) is 20.9. The molecule has 0 atom stereocenters. The molecule has 1 heterocycles. The van der Waals surface area contributed by atoms with Crippen LogP contribution < -0.4 is 15.4 Å². The summed E-state index contributed by atoms with van der Waals surface area (Å²) in [6.07, 6.45) is 0.812. The molecule has 2 amide bonds. The Kier molecular flexibility index (Phi) is 5.66. The van der Waals surface area contributed by atoms with E-state index in [0.717, 1.165) is 39.6 Å². The number of fused-ring (bicyclic) bond motifs is 3. The van der Waals surface area contributed by atoms with E-state index in [1.807, 2.05) is 67.6 Å². The summed E-state index contributed by atoms with van der Waals surface area (Å²) in [5.41, 5.74) is 3.37. The van der Waals surface area contributed by atoms with Crippen molar-refractivity contribution in [3.63, 3.8) is 0 Å². The predicted molar refractivity (Wildman–Crippen MR) is 117 cm³/mol. The quantitative estimate of drug-likeness (QED) is 0.483. The fourth-order valence-electron chi connectivity index (χ4n) is 3.32. The molecule has 0 radical (unpaired) electrons. The predicted octanol–water partition coefficient (Wildman–Crippen LogP) is 4.28. The van der Waals surface area contributed by atoms with Crippen LogP contribution in [0.25, 0.3) is 21.9 Å². The second-order valence-corrected chi connectivity index (χ2v) is 6.88. The van der Waals surface area contributed by atoms with Gasteiger partial charge >= 0.3 is 0 Å². The Balaban J connectivity index is 1.31. The second kappa shape index (κ2) is 8.69. The zero-order valence-electron chi connectivity index (χ0n) is 16.6. The third kappa shape index (κ3) is 4.27. The maximum absolute atomic E-state index is 12.1. The summed E-state index contributed by atoms with van der Waals surface area (Å²) < 4.78 is 11.4. The number of benzene rings is 3. The Bertz CT molecular complexity index is 1210. The standard InChI is InChI=1S/C24H22N2O4/c1-2-16-7-3-5-9-20(16)26-23(27)14-25-24(28)15-29-17-11-12-22-19(13-17)18-8-4-6-10-21(18)30-22/h3-13H,2,14-15H2,1H3,(H,25,28)(H,26,27). The summed E-state index contributed by atoms with van der Waals surface area (Å²) >= 11 is 0. The summed E-state index contributed by atoms with van der Waals surface area (Å²) in [7, 11) is 0. The summed E-state index contributed by atoms with van der Waals surface area (Å²) in [6, 6.07) is 20.8. The van der Waals surface area contributed by atoms with Crippen LogP contribution in [0.4, 0.5) is 5.69 Å². The lowest BCUT2D eigenvalue weighted by Crippen LogP contribution is -2.35. The van der Waals surface area contributed by atoms with Crippen molar-refractivity contribution < 1.29 is 18.7 Å². The zero-order valence-corrected chi connectivity index (χ0v) is 16.6. The largest absolute Gasteiger partial charge is 0.484 e. The van der Waals surface area contributed by atoms with Gasteiger partial charge in [-0.25, -0.2) is 0 Å². The molecule has 2 N–H and O–H groups in total. The number of anilines is 1. The summed E-state index contributed by atoms with van der Waals surface area (Å²) in [4.78, 5) is 24.2. The molecule has 6 nitrogen and oxygen atoms in total. The molecule has 0 saturated carbocycles. The van der Waals surface area contributed by atoms with Crippen molar-refractivity contribution in [3.05, 3.63) is 72.3 Å². The van der Waals surface area contributed by atoms with Crippen LogP contribution in [-0.2, 0) is 16.0 Å². The van der Waals surface area contributed by atoms with E-state index in [9.17, 15) is 9.59 Å². The van der Waals surface area contributed by atoms with Crippen molar-refractivity contribution in [3.8, 4) is 5.75 Å². The van der Waals surface area contributed by atoms with E-state index in [1.54, 1.807) is 6.07 Å². The highest BCUT2D eigenvalue weighted by molar-refractivity contribution is 6.05. The number of rotatable bonds is 7. The first kappa shape index (κ1) is 19.5. The molecule has 0 unspecified atom stereocenters. The number of para-hydroxylation sites is 2. The highest BCUT2D eigenvalue weighted by Gasteiger charge is 2.10. The van der Waals surface area contributed by atoms with E-state index in [-0.39, 0.29) is 25.0 Å².